The third-order valence-corrected chi connectivity index (χ3v) is 4.49. The molecule has 2 atom stereocenters. The smallest absolute Gasteiger partial charge is 0.0587 e. The number of aliphatic hydroxyl groups is 1. The molecule has 2 nitrogen and oxygen atoms in total. The van der Waals surface area contributed by atoms with Crippen LogP contribution >= 0.6 is 0 Å². The summed E-state index contributed by atoms with van der Waals surface area (Å²) in [6.45, 7) is 4.91. The van der Waals surface area contributed by atoms with E-state index in [1.54, 1.807) is 0 Å². The Bertz CT molecular complexity index is 374. The number of rotatable bonds is 5. The van der Waals surface area contributed by atoms with E-state index in [2.05, 4.69) is 43.4 Å². The molecule has 1 aromatic rings. The Hall–Kier alpha value is -0.860. The van der Waals surface area contributed by atoms with Gasteiger partial charge in [0.2, 0.25) is 0 Å². The summed E-state index contributed by atoms with van der Waals surface area (Å²) in [6, 6.07) is 11.1. The van der Waals surface area contributed by atoms with Crippen LogP contribution in [0.2, 0.25) is 0 Å². The van der Waals surface area contributed by atoms with Gasteiger partial charge in [0, 0.05) is 12.1 Å². The van der Waals surface area contributed by atoms with E-state index in [0.29, 0.717) is 11.5 Å². The topological polar surface area (TPSA) is 32.3 Å². The van der Waals surface area contributed by atoms with Crippen molar-refractivity contribution in [2.24, 2.45) is 5.41 Å². The first-order chi connectivity index (χ1) is 9.12. The Kier molecular flexibility index (Phi) is 5.00. The van der Waals surface area contributed by atoms with Gasteiger partial charge in [0.15, 0.2) is 0 Å². The van der Waals surface area contributed by atoms with E-state index in [9.17, 15) is 5.11 Å². The molecule has 1 unspecified atom stereocenters. The number of aliphatic hydroxyl groups excluding tert-OH is 1. The molecule has 0 spiro atoms. The summed E-state index contributed by atoms with van der Waals surface area (Å²) in [5, 5.41) is 13.3. The summed E-state index contributed by atoms with van der Waals surface area (Å²) in [5.41, 5.74) is 1.64. The van der Waals surface area contributed by atoms with Gasteiger partial charge in [-0.05, 0) is 30.2 Å². The molecule has 2 N–H and O–H groups in total. The van der Waals surface area contributed by atoms with E-state index in [-0.39, 0.29) is 12.6 Å². The van der Waals surface area contributed by atoms with Gasteiger partial charge in [0.05, 0.1) is 6.61 Å². The molecule has 2 rings (SSSR count). The van der Waals surface area contributed by atoms with Crippen LogP contribution in [-0.4, -0.2) is 23.8 Å². The Morgan fingerprint density at radius 2 is 2.00 bits per heavy atom. The summed E-state index contributed by atoms with van der Waals surface area (Å²) in [5.74, 6) is 0. The highest BCUT2D eigenvalue weighted by Gasteiger charge is 2.33. The molecule has 0 amide bonds. The summed E-state index contributed by atoms with van der Waals surface area (Å²) >= 11 is 0. The van der Waals surface area contributed by atoms with E-state index < -0.39 is 0 Å². The monoisotopic (exact) mass is 261 g/mol. The van der Waals surface area contributed by atoms with Crippen LogP contribution in [0.25, 0.3) is 0 Å². The molecule has 1 saturated carbocycles. The number of hydrogen-bond acceptors (Lipinski definition) is 2. The average Bonchev–Trinajstić information content (AvgIpc) is 2.41. The summed E-state index contributed by atoms with van der Waals surface area (Å²) in [6.07, 6.45) is 6.08. The van der Waals surface area contributed by atoms with Gasteiger partial charge in [-0.3, -0.25) is 0 Å². The third-order valence-electron chi connectivity index (χ3n) is 4.49. The second kappa shape index (κ2) is 6.53. The van der Waals surface area contributed by atoms with Gasteiger partial charge in [-0.15, -0.1) is 0 Å². The number of benzene rings is 1. The van der Waals surface area contributed by atoms with Crippen molar-refractivity contribution < 1.29 is 5.11 Å². The molecular weight excluding hydrogens is 234 g/mol. The molecule has 0 saturated heterocycles. The van der Waals surface area contributed by atoms with E-state index in [1.165, 1.54) is 31.2 Å². The molecule has 19 heavy (non-hydrogen) atoms. The molecule has 1 aliphatic rings. The van der Waals surface area contributed by atoms with Crippen LogP contribution < -0.4 is 5.32 Å². The van der Waals surface area contributed by atoms with Gasteiger partial charge < -0.3 is 10.4 Å². The van der Waals surface area contributed by atoms with Crippen LogP contribution in [0.5, 0.6) is 0 Å². The quantitative estimate of drug-likeness (QED) is 0.853. The zero-order chi connectivity index (χ0) is 13.7. The second-order valence-corrected chi connectivity index (χ2v) is 6.52. The summed E-state index contributed by atoms with van der Waals surface area (Å²) in [7, 11) is 0. The molecule has 0 aliphatic heterocycles. The van der Waals surface area contributed by atoms with Crippen molar-refractivity contribution in [3.05, 3.63) is 35.9 Å². The van der Waals surface area contributed by atoms with Gasteiger partial charge in [-0.2, -0.15) is 0 Å². The maximum atomic E-state index is 9.63. The van der Waals surface area contributed by atoms with E-state index in [0.717, 1.165) is 6.42 Å². The highest BCUT2D eigenvalue weighted by Crippen LogP contribution is 2.35. The van der Waals surface area contributed by atoms with Gasteiger partial charge in [-0.25, -0.2) is 0 Å². The molecule has 1 fully saturated rings. The molecule has 0 aromatic heterocycles. The maximum absolute atomic E-state index is 9.63. The predicted octanol–water partition coefficient (Wildman–Crippen LogP) is 3.15. The average molecular weight is 261 g/mol. The first-order valence-electron chi connectivity index (χ1n) is 7.52. The maximum Gasteiger partial charge on any atom is 0.0587 e. The van der Waals surface area contributed by atoms with E-state index in [4.69, 9.17) is 0 Å². The Morgan fingerprint density at radius 1 is 1.26 bits per heavy atom. The molecule has 2 heteroatoms. The van der Waals surface area contributed by atoms with Crippen molar-refractivity contribution >= 4 is 0 Å². The molecule has 0 heterocycles. The fourth-order valence-electron chi connectivity index (χ4n) is 3.16. The molecule has 0 radical (unpaired) electrons. The Morgan fingerprint density at radius 3 is 2.63 bits per heavy atom. The van der Waals surface area contributed by atoms with E-state index >= 15 is 0 Å². The van der Waals surface area contributed by atoms with Crippen LogP contribution in [-0.2, 0) is 6.42 Å². The minimum atomic E-state index is 0.171. The molecular formula is C17H27NO. The van der Waals surface area contributed by atoms with Gasteiger partial charge in [-0.1, -0.05) is 57.0 Å². The SMILES string of the molecule is CC1(C)CCCCC1N[C@@H](CO)Cc1ccccc1. The van der Waals surface area contributed by atoms with Crippen LogP contribution in [0.4, 0.5) is 0 Å². The molecule has 1 aromatic carbocycles. The number of nitrogens with one attached hydrogen (secondary N) is 1. The predicted molar refractivity (Wildman–Crippen MR) is 80.2 cm³/mol. The lowest BCUT2D eigenvalue weighted by molar-refractivity contribution is 0.135. The van der Waals surface area contributed by atoms with Gasteiger partial charge >= 0.3 is 0 Å². The van der Waals surface area contributed by atoms with Crippen LogP contribution in [0.1, 0.15) is 45.1 Å². The van der Waals surface area contributed by atoms with Crippen molar-refractivity contribution in [3.8, 4) is 0 Å². The lowest BCUT2D eigenvalue weighted by Crippen LogP contribution is -2.50. The zero-order valence-electron chi connectivity index (χ0n) is 12.2. The van der Waals surface area contributed by atoms with Crippen molar-refractivity contribution in [2.45, 2.75) is 58.0 Å². The fourth-order valence-corrected chi connectivity index (χ4v) is 3.16. The van der Waals surface area contributed by atoms with Crippen molar-refractivity contribution in [3.63, 3.8) is 0 Å². The molecule has 106 valence electrons. The number of hydrogen-bond donors (Lipinski definition) is 2. The largest absolute Gasteiger partial charge is 0.395 e. The van der Waals surface area contributed by atoms with Crippen molar-refractivity contribution in [1.82, 2.24) is 5.32 Å². The summed E-state index contributed by atoms with van der Waals surface area (Å²) in [4.78, 5) is 0. The lowest BCUT2D eigenvalue weighted by Gasteiger charge is -2.41. The third kappa shape index (κ3) is 4.05. The van der Waals surface area contributed by atoms with E-state index in [1.807, 2.05) is 6.07 Å². The van der Waals surface area contributed by atoms with Crippen LogP contribution in [0.15, 0.2) is 30.3 Å². The van der Waals surface area contributed by atoms with Gasteiger partial charge in [0.1, 0.15) is 0 Å². The Balaban J connectivity index is 1.95. The second-order valence-electron chi connectivity index (χ2n) is 6.52. The lowest BCUT2D eigenvalue weighted by atomic mass is 9.73. The minimum Gasteiger partial charge on any atom is -0.395 e. The van der Waals surface area contributed by atoms with Gasteiger partial charge in [0.25, 0.3) is 0 Å². The van der Waals surface area contributed by atoms with Crippen molar-refractivity contribution in [1.29, 1.82) is 0 Å². The first kappa shape index (κ1) is 14.5. The normalized spacial score (nSPS) is 24.1. The van der Waals surface area contributed by atoms with Crippen molar-refractivity contribution in [2.75, 3.05) is 6.61 Å². The molecule has 1 aliphatic carbocycles. The highest BCUT2D eigenvalue weighted by molar-refractivity contribution is 5.16. The van der Waals surface area contributed by atoms with Crippen LogP contribution in [0, 0.1) is 5.41 Å². The summed E-state index contributed by atoms with van der Waals surface area (Å²) < 4.78 is 0. The minimum absolute atomic E-state index is 0.171. The molecule has 0 bridgehead atoms. The first-order valence-corrected chi connectivity index (χ1v) is 7.52. The highest BCUT2D eigenvalue weighted by atomic mass is 16.3. The van der Waals surface area contributed by atoms with Crippen LogP contribution in [0.3, 0.4) is 0 Å². The standard InChI is InChI=1S/C17H27NO/c1-17(2)11-7-6-10-16(17)18-15(13-19)12-14-8-4-3-5-9-14/h3-5,8-9,15-16,18-19H,6-7,10-13H2,1-2H3/t15-,16?/m1/s1. The fraction of sp³-hybridized carbons (Fsp3) is 0.647. The zero-order valence-corrected chi connectivity index (χ0v) is 12.2. The Labute approximate surface area is 117 Å².